The maximum Gasteiger partial charge on any atom is 0.323 e. The maximum atomic E-state index is 13.5. The lowest BCUT2D eigenvalue weighted by Crippen LogP contribution is -2.46. The number of morpholine rings is 2. The lowest BCUT2D eigenvalue weighted by atomic mass is 9.85. The van der Waals surface area contributed by atoms with Gasteiger partial charge in [-0.05, 0) is 55.2 Å². The minimum absolute atomic E-state index is 0.0895. The lowest BCUT2D eigenvalue weighted by Gasteiger charge is -2.35. The van der Waals surface area contributed by atoms with Gasteiger partial charge in [-0.2, -0.15) is 0 Å². The van der Waals surface area contributed by atoms with Gasteiger partial charge in [0.05, 0.1) is 43.9 Å². The van der Waals surface area contributed by atoms with Crippen LogP contribution in [0.3, 0.4) is 0 Å². The monoisotopic (exact) mass is 644 g/mol. The number of ether oxygens (including phenoxy) is 4. The van der Waals surface area contributed by atoms with Gasteiger partial charge in [-0.25, -0.2) is 4.79 Å². The molecule has 0 aliphatic carbocycles. The fourth-order valence-corrected chi connectivity index (χ4v) is 6.11. The average Bonchev–Trinajstić information content (AvgIpc) is 3.04. The minimum Gasteiger partial charge on any atom is -0.494 e. The summed E-state index contributed by atoms with van der Waals surface area (Å²) in [5.41, 5.74) is 2.63. The summed E-state index contributed by atoms with van der Waals surface area (Å²) in [7, 11) is 1.56. The lowest BCUT2D eigenvalue weighted by molar-refractivity contribution is -0.129. The largest absolute Gasteiger partial charge is 0.494 e. The number of rotatable bonds is 9. The molecule has 3 aromatic carbocycles. The van der Waals surface area contributed by atoms with E-state index in [2.05, 4.69) is 50.2 Å². The van der Waals surface area contributed by atoms with Crippen LogP contribution < -0.4 is 20.1 Å². The number of anilines is 2. The first kappa shape index (κ1) is 34.2. The topological polar surface area (TPSA) is 102 Å². The molecular weight excluding hydrogens is 596 g/mol. The molecule has 2 N–H and O–H groups in total. The summed E-state index contributed by atoms with van der Waals surface area (Å²) in [5.74, 6) is 1.15. The van der Waals surface area contributed by atoms with E-state index in [-0.39, 0.29) is 23.5 Å². The van der Waals surface area contributed by atoms with Gasteiger partial charge in [0.1, 0.15) is 18.1 Å². The second-order valence-electron chi connectivity index (χ2n) is 13.3. The Morgan fingerprint density at radius 2 is 1.64 bits per heavy atom. The van der Waals surface area contributed by atoms with E-state index >= 15 is 0 Å². The quantitative estimate of drug-likeness (QED) is 0.270. The van der Waals surface area contributed by atoms with Gasteiger partial charge in [0.15, 0.2) is 0 Å². The first-order chi connectivity index (χ1) is 22.5. The van der Waals surface area contributed by atoms with Crippen molar-refractivity contribution in [3.8, 4) is 11.5 Å². The van der Waals surface area contributed by atoms with Crippen molar-refractivity contribution in [1.29, 1.82) is 0 Å². The van der Waals surface area contributed by atoms with E-state index in [9.17, 15) is 9.59 Å². The van der Waals surface area contributed by atoms with Crippen molar-refractivity contribution >= 4 is 40.2 Å². The summed E-state index contributed by atoms with van der Waals surface area (Å²) in [4.78, 5) is 30.5. The molecule has 2 atom stereocenters. The number of carbonyl (C=O) groups is 2. The zero-order valence-electron chi connectivity index (χ0n) is 28.4. The molecule has 2 aliphatic rings. The number of urea groups is 1. The first-order valence-corrected chi connectivity index (χ1v) is 16.4. The Morgan fingerprint density at radius 1 is 0.957 bits per heavy atom. The number of hydrogen-bond acceptors (Lipinski definition) is 7. The van der Waals surface area contributed by atoms with Gasteiger partial charge in [-0.15, -0.1) is 0 Å². The number of methoxy groups -OCH3 is 1. The molecule has 252 valence electrons. The molecule has 5 rings (SSSR count). The van der Waals surface area contributed by atoms with E-state index in [4.69, 9.17) is 18.9 Å². The smallest absolute Gasteiger partial charge is 0.323 e. The average molecular weight is 645 g/mol. The highest BCUT2D eigenvalue weighted by Crippen LogP contribution is 2.37. The minimum atomic E-state index is -0.414. The molecule has 3 amide bonds. The Balaban J connectivity index is 1.32. The van der Waals surface area contributed by atoms with E-state index in [1.807, 2.05) is 48.5 Å². The van der Waals surface area contributed by atoms with Gasteiger partial charge in [0.2, 0.25) is 5.91 Å². The zero-order valence-corrected chi connectivity index (χ0v) is 28.4. The Bertz CT molecular complexity index is 1580. The highest BCUT2D eigenvalue weighted by atomic mass is 16.5. The third kappa shape index (κ3) is 8.82. The molecule has 0 radical (unpaired) electrons. The molecule has 2 saturated heterocycles. The van der Waals surface area contributed by atoms with Crippen LogP contribution in [0.15, 0.2) is 54.6 Å². The summed E-state index contributed by atoms with van der Waals surface area (Å²) in [6.45, 7) is 15.8. The summed E-state index contributed by atoms with van der Waals surface area (Å²) < 4.78 is 23.3. The Hall–Kier alpha value is -4.12. The summed E-state index contributed by atoms with van der Waals surface area (Å²) in [6, 6.07) is 15.1. The van der Waals surface area contributed by atoms with Crippen LogP contribution in [0.4, 0.5) is 16.2 Å². The van der Waals surface area contributed by atoms with E-state index in [0.29, 0.717) is 55.6 Å². The van der Waals surface area contributed by atoms with Crippen molar-refractivity contribution < 1.29 is 28.5 Å². The highest BCUT2D eigenvalue weighted by molar-refractivity contribution is 6.08. The van der Waals surface area contributed by atoms with E-state index < -0.39 is 6.03 Å². The molecule has 2 heterocycles. The molecule has 0 spiro atoms. The molecule has 0 aromatic heterocycles. The Labute approximate surface area is 278 Å². The number of fused-ring (bicyclic) bond motifs is 1. The molecule has 10 nitrogen and oxygen atoms in total. The third-order valence-corrected chi connectivity index (χ3v) is 8.46. The van der Waals surface area contributed by atoms with Crippen molar-refractivity contribution in [2.75, 3.05) is 70.3 Å². The maximum absolute atomic E-state index is 13.5. The fourth-order valence-electron chi connectivity index (χ4n) is 6.11. The normalized spacial score (nSPS) is 19.1. The van der Waals surface area contributed by atoms with Gasteiger partial charge in [-0.3, -0.25) is 9.69 Å². The molecule has 0 bridgehead atoms. The standard InChI is InChI=1S/C37H48N4O6/c1-25-23-40(24-26(2)47-25)15-20-46-33-13-12-31(29-9-7-8-10-30(29)33)38-36(43)39-32-22-28(37(3,4)5)21-27(35(32)44-6)11-14-34(42)41-16-18-45-19-17-41/h7-14,21-22,25-26H,15-20,23-24H2,1-6H3,(H2,38,39,43)/b14-11+. The number of amides is 3. The molecular formula is C37H48N4O6. The second kappa shape index (κ2) is 15.2. The number of nitrogens with one attached hydrogen (secondary N) is 2. The second-order valence-corrected chi connectivity index (χ2v) is 13.3. The summed E-state index contributed by atoms with van der Waals surface area (Å²) >= 11 is 0. The molecule has 2 unspecified atom stereocenters. The van der Waals surface area contributed by atoms with Crippen molar-refractivity contribution in [1.82, 2.24) is 9.80 Å². The highest BCUT2D eigenvalue weighted by Gasteiger charge is 2.23. The molecule has 2 aliphatic heterocycles. The van der Waals surface area contributed by atoms with Crippen LogP contribution in [-0.2, 0) is 19.7 Å². The molecule has 0 saturated carbocycles. The van der Waals surface area contributed by atoms with E-state index in [1.54, 1.807) is 24.2 Å². The van der Waals surface area contributed by atoms with Crippen LogP contribution in [0.5, 0.6) is 11.5 Å². The first-order valence-electron chi connectivity index (χ1n) is 16.4. The molecule has 2 fully saturated rings. The van der Waals surface area contributed by atoms with Crippen molar-refractivity contribution in [3.05, 3.63) is 65.7 Å². The van der Waals surface area contributed by atoms with Crippen LogP contribution in [0, 0.1) is 0 Å². The number of nitrogens with zero attached hydrogens (tertiary/aromatic N) is 2. The van der Waals surface area contributed by atoms with Gasteiger partial charge in [0, 0.05) is 55.1 Å². The predicted octanol–water partition coefficient (Wildman–Crippen LogP) is 6.15. The summed E-state index contributed by atoms with van der Waals surface area (Å²) in [6.07, 6.45) is 3.72. The van der Waals surface area contributed by atoms with Crippen molar-refractivity contribution in [2.45, 2.75) is 52.2 Å². The third-order valence-electron chi connectivity index (χ3n) is 8.46. The van der Waals surface area contributed by atoms with Crippen LogP contribution in [0.2, 0.25) is 0 Å². The van der Waals surface area contributed by atoms with Gasteiger partial charge in [0.25, 0.3) is 0 Å². The predicted molar refractivity (Wildman–Crippen MR) is 187 cm³/mol. The van der Waals surface area contributed by atoms with Crippen molar-refractivity contribution in [3.63, 3.8) is 0 Å². The van der Waals surface area contributed by atoms with Gasteiger partial charge < -0.3 is 34.5 Å². The molecule has 10 heteroatoms. The molecule has 3 aromatic rings. The Morgan fingerprint density at radius 3 is 2.32 bits per heavy atom. The van der Waals surface area contributed by atoms with E-state index in [0.717, 1.165) is 41.7 Å². The van der Waals surface area contributed by atoms with Gasteiger partial charge in [-0.1, -0.05) is 45.0 Å². The van der Waals surface area contributed by atoms with E-state index in [1.165, 1.54) is 0 Å². The summed E-state index contributed by atoms with van der Waals surface area (Å²) in [5, 5.41) is 7.81. The van der Waals surface area contributed by atoms with Crippen LogP contribution in [0.25, 0.3) is 16.8 Å². The number of carbonyl (C=O) groups excluding carboxylic acids is 2. The number of benzene rings is 3. The fraction of sp³-hybridized carbons (Fsp3) is 0.459. The van der Waals surface area contributed by atoms with Crippen LogP contribution in [-0.4, -0.2) is 93.6 Å². The van der Waals surface area contributed by atoms with Crippen LogP contribution >= 0.6 is 0 Å². The SMILES string of the molecule is COc1c(/C=C/C(=O)N2CCOCC2)cc(C(C)(C)C)cc1NC(=O)Nc1ccc(OCCN2CC(C)OC(C)C2)c2ccccc12. The van der Waals surface area contributed by atoms with Gasteiger partial charge >= 0.3 is 6.03 Å². The zero-order chi connectivity index (χ0) is 33.6. The Kier molecular flexibility index (Phi) is 11.1. The molecule has 47 heavy (non-hydrogen) atoms. The van der Waals surface area contributed by atoms with Crippen LogP contribution in [0.1, 0.15) is 45.7 Å². The van der Waals surface area contributed by atoms with Crippen molar-refractivity contribution in [2.24, 2.45) is 0 Å². The number of hydrogen-bond donors (Lipinski definition) is 2.